The van der Waals surface area contributed by atoms with Crippen LogP contribution < -0.4 is 9.60 Å². The molecule has 0 bridgehead atoms. The van der Waals surface area contributed by atoms with E-state index in [9.17, 15) is 18.0 Å². The number of carbonyl (C=O) groups is 1. The van der Waals surface area contributed by atoms with Crippen molar-refractivity contribution in [2.45, 2.75) is 11.4 Å². The van der Waals surface area contributed by atoms with E-state index in [1.807, 2.05) is 0 Å². The number of thiazole rings is 1. The minimum Gasteiger partial charge on any atom is -0.478 e. The number of nitrogens with one attached hydrogen (secondary N) is 2. The lowest BCUT2D eigenvalue weighted by Gasteiger charge is -2.07. The maximum Gasteiger partial charge on any atom is 0.335 e. The van der Waals surface area contributed by atoms with E-state index in [1.165, 1.54) is 30.3 Å². The third-order valence-electron chi connectivity index (χ3n) is 3.34. The lowest BCUT2D eigenvalue weighted by Crippen LogP contribution is -2.23. The molecule has 2 aromatic carbocycles. The summed E-state index contributed by atoms with van der Waals surface area (Å²) in [5.41, 5.74) is 1.20. The first-order valence-corrected chi connectivity index (χ1v) is 9.10. The molecule has 24 heavy (non-hydrogen) atoms. The quantitative estimate of drug-likeness (QED) is 0.638. The van der Waals surface area contributed by atoms with Gasteiger partial charge in [-0.2, -0.15) is 0 Å². The van der Waals surface area contributed by atoms with Gasteiger partial charge in [-0.25, -0.2) is 17.9 Å². The van der Waals surface area contributed by atoms with E-state index in [-0.39, 0.29) is 21.9 Å². The van der Waals surface area contributed by atoms with Crippen molar-refractivity contribution in [1.82, 2.24) is 9.71 Å². The number of aromatic carboxylic acids is 1. The van der Waals surface area contributed by atoms with E-state index >= 15 is 0 Å². The minimum absolute atomic E-state index is 0.0368. The lowest BCUT2D eigenvalue weighted by molar-refractivity contribution is 0.0696. The summed E-state index contributed by atoms with van der Waals surface area (Å²) in [4.78, 5) is 24.6. The van der Waals surface area contributed by atoms with Gasteiger partial charge in [0, 0.05) is 6.54 Å². The number of hydrogen-bond acceptors (Lipinski definition) is 5. The normalized spacial score (nSPS) is 11.7. The molecule has 0 radical (unpaired) electrons. The average molecular weight is 364 g/mol. The van der Waals surface area contributed by atoms with Crippen molar-refractivity contribution >= 4 is 37.5 Å². The summed E-state index contributed by atoms with van der Waals surface area (Å²) in [5, 5.41) is 8.95. The molecule has 3 aromatic rings. The number of rotatable bonds is 5. The number of aromatic amines is 1. The van der Waals surface area contributed by atoms with Crippen LogP contribution in [0.5, 0.6) is 0 Å². The zero-order valence-electron chi connectivity index (χ0n) is 12.1. The van der Waals surface area contributed by atoms with Gasteiger partial charge < -0.3 is 10.1 Å². The SMILES string of the molecule is O=C(O)c1cccc(CNS(=O)(=O)c2ccc3[nH]c(=O)sc3c2)c1. The molecule has 1 aromatic heterocycles. The Morgan fingerprint density at radius 3 is 2.75 bits per heavy atom. The highest BCUT2D eigenvalue weighted by atomic mass is 32.2. The van der Waals surface area contributed by atoms with Crippen molar-refractivity contribution in [3.05, 3.63) is 63.3 Å². The highest BCUT2D eigenvalue weighted by Gasteiger charge is 2.15. The molecule has 0 saturated heterocycles. The topological polar surface area (TPSA) is 116 Å². The maximum absolute atomic E-state index is 12.4. The second-order valence-corrected chi connectivity index (χ2v) is 7.78. The molecule has 3 N–H and O–H groups in total. The number of benzene rings is 2. The number of sulfonamides is 1. The van der Waals surface area contributed by atoms with E-state index < -0.39 is 16.0 Å². The van der Waals surface area contributed by atoms with Gasteiger partial charge in [0.05, 0.1) is 20.7 Å². The molecule has 0 saturated carbocycles. The van der Waals surface area contributed by atoms with Crippen LogP contribution in [0.3, 0.4) is 0 Å². The van der Waals surface area contributed by atoms with E-state index in [0.717, 1.165) is 11.3 Å². The van der Waals surface area contributed by atoms with Gasteiger partial charge in [-0.3, -0.25) is 4.79 Å². The average Bonchev–Trinajstić information content (AvgIpc) is 2.92. The third kappa shape index (κ3) is 3.37. The highest BCUT2D eigenvalue weighted by Crippen LogP contribution is 2.19. The Labute approximate surface area is 140 Å². The molecule has 0 atom stereocenters. The molecular weight excluding hydrogens is 352 g/mol. The van der Waals surface area contributed by atoms with Gasteiger partial charge in [-0.1, -0.05) is 23.5 Å². The molecule has 0 aliphatic carbocycles. The van der Waals surface area contributed by atoms with Gasteiger partial charge in [0.1, 0.15) is 0 Å². The van der Waals surface area contributed by atoms with Crippen LogP contribution in [0.25, 0.3) is 10.2 Å². The molecule has 0 aliphatic rings. The van der Waals surface area contributed by atoms with Gasteiger partial charge in [0.25, 0.3) is 0 Å². The van der Waals surface area contributed by atoms with Gasteiger partial charge >= 0.3 is 10.8 Å². The fourth-order valence-electron chi connectivity index (χ4n) is 2.17. The smallest absolute Gasteiger partial charge is 0.335 e. The van der Waals surface area contributed by atoms with Crippen LogP contribution in [0.2, 0.25) is 0 Å². The van der Waals surface area contributed by atoms with Gasteiger partial charge in [-0.05, 0) is 35.9 Å². The van der Waals surface area contributed by atoms with Crippen LogP contribution in [0.1, 0.15) is 15.9 Å². The standard InChI is InChI=1S/C15H12N2O5S2/c18-14(19)10-3-1-2-9(6-10)8-16-24(21,22)11-4-5-12-13(7-11)23-15(20)17-12/h1-7,16H,8H2,(H,17,20)(H,18,19). The van der Waals surface area contributed by atoms with E-state index in [4.69, 9.17) is 5.11 Å². The number of H-pyrrole nitrogens is 1. The first-order valence-electron chi connectivity index (χ1n) is 6.80. The fourth-order valence-corrected chi connectivity index (χ4v) is 4.06. The number of hydrogen-bond donors (Lipinski definition) is 3. The summed E-state index contributed by atoms with van der Waals surface area (Å²) in [6.45, 7) is -0.0368. The van der Waals surface area contributed by atoms with Gasteiger partial charge in [0.2, 0.25) is 10.0 Å². The van der Waals surface area contributed by atoms with Crippen molar-refractivity contribution in [2.75, 3.05) is 0 Å². The van der Waals surface area contributed by atoms with Crippen molar-refractivity contribution in [3.8, 4) is 0 Å². The molecule has 124 valence electrons. The van der Waals surface area contributed by atoms with E-state index in [1.54, 1.807) is 12.1 Å². The Morgan fingerprint density at radius 1 is 1.21 bits per heavy atom. The maximum atomic E-state index is 12.4. The van der Waals surface area contributed by atoms with Crippen LogP contribution in [0, 0.1) is 0 Å². The molecule has 0 fully saturated rings. The second kappa shape index (κ2) is 6.19. The van der Waals surface area contributed by atoms with Crippen molar-refractivity contribution in [1.29, 1.82) is 0 Å². The summed E-state index contributed by atoms with van der Waals surface area (Å²) in [6.07, 6.45) is 0. The molecule has 1 heterocycles. The van der Waals surface area contributed by atoms with Crippen LogP contribution in [-0.4, -0.2) is 24.5 Å². The Balaban J connectivity index is 1.83. The Morgan fingerprint density at radius 2 is 2.00 bits per heavy atom. The lowest BCUT2D eigenvalue weighted by atomic mass is 10.1. The molecule has 0 spiro atoms. The minimum atomic E-state index is -3.78. The van der Waals surface area contributed by atoms with Crippen LogP contribution in [0.4, 0.5) is 0 Å². The van der Waals surface area contributed by atoms with Crippen molar-refractivity contribution in [3.63, 3.8) is 0 Å². The monoisotopic (exact) mass is 364 g/mol. The highest BCUT2D eigenvalue weighted by molar-refractivity contribution is 7.89. The largest absolute Gasteiger partial charge is 0.478 e. The molecule has 0 aliphatic heterocycles. The summed E-state index contributed by atoms with van der Waals surface area (Å²) >= 11 is 0.933. The summed E-state index contributed by atoms with van der Waals surface area (Å²) in [5.74, 6) is -1.08. The Hall–Kier alpha value is -2.49. The molecule has 3 rings (SSSR count). The fraction of sp³-hybridized carbons (Fsp3) is 0.0667. The van der Waals surface area contributed by atoms with E-state index in [2.05, 4.69) is 9.71 Å². The summed E-state index contributed by atoms with van der Waals surface area (Å²) in [7, 11) is -3.78. The number of aromatic nitrogens is 1. The molecular formula is C15H12N2O5S2. The first kappa shape index (κ1) is 16.4. The first-order chi connectivity index (χ1) is 11.3. The van der Waals surface area contributed by atoms with Crippen molar-refractivity contribution < 1.29 is 18.3 Å². The zero-order valence-corrected chi connectivity index (χ0v) is 13.8. The molecule has 0 amide bonds. The number of fused-ring (bicyclic) bond motifs is 1. The third-order valence-corrected chi connectivity index (χ3v) is 5.59. The summed E-state index contributed by atoms with van der Waals surface area (Å²) < 4.78 is 27.7. The number of carboxylic acid groups (broad SMARTS) is 1. The Bertz CT molecular complexity index is 1080. The van der Waals surface area contributed by atoms with Crippen molar-refractivity contribution in [2.24, 2.45) is 0 Å². The van der Waals surface area contributed by atoms with E-state index in [0.29, 0.717) is 15.8 Å². The summed E-state index contributed by atoms with van der Waals surface area (Å²) in [6, 6.07) is 10.4. The second-order valence-electron chi connectivity index (χ2n) is 5.00. The predicted octanol–water partition coefficient (Wildman–Crippen LogP) is 1.77. The predicted molar refractivity (Wildman–Crippen MR) is 89.9 cm³/mol. The van der Waals surface area contributed by atoms with Crippen LogP contribution in [-0.2, 0) is 16.6 Å². The van der Waals surface area contributed by atoms with Gasteiger partial charge in [-0.15, -0.1) is 0 Å². The zero-order chi connectivity index (χ0) is 17.3. The van der Waals surface area contributed by atoms with Crippen LogP contribution >= 0.6 is 11.3 Å². The molecule has 9 heteroatoms. The molecule has 7 nitrogen and oxygen atoms in total. The molecule has 0 unspecified atom stereocenters. The Kier molecular flexibility index (Phi) is 4.22. The number of carboxylic acids is 1. The van der Waals surface area contributed by atoms with Gasteiger partial charge in [0.15, 0.2) is 0 Å². The van der Waals surface area contributed by atoms with Crippen LogP contribution in [0.15, 0.2) is 52.2 Å².